The summed E-state index contributed by atoms with van der Waals surface area (Å²) in [5.74, 6) is 0.121. The molecule has 142 valence electrons. The van der Waals surface area contributed by atoms with Crippen LogP contribution in [0.25, 0.3) is 0 Å². The van der Waals surface area contributed by atoms with Crippen molar-refractivity contribution in [2.75, 3.05) is 0 Å². The second-order valence-electron chi connectivity index (χ2n) is 7.35. The molecule has 0 spiro atoms. The fourth-order valence-corrected chi connectivity index (χ4v) is 3.77. The Balaban J connectivity index is 1.48. The van der Waals surface area contributed by atoms with Gasteiger partial charge in [0.1, 0.15) is 12.4 Å². The molecule has 2 aromatic carbocycles. The topological polar surface area (TPSA) is 78.1 Å². The molecule has 28 heavy (non-hydrogen) atoms. The van der Waals surface area contributed by atoms with E-state index in [0.29, 0.717) is 5.69 Å². The van der Waals surface area contributed by atoms with Crippen LogP contribution in [0.5, 0.6) is 5.75 Å². The molecule has 0 bridgehead atoms. The second-order valence-corrected chi connectivity index (χ2v) is 7.35. The number of aromatic nitrogens is 2. The van der Waals surface area contributed by atoms with Gasteiger partial charge < -0.3 is 10.5 Å². The van der Waals surface area contributed by atoms with E-state index in [1.807, 2.05) is 12.1 Å². The summed E-state index contributed by atoms with van der Waals surface area (Å²) in [4.78, 5) is 19.1. The zero-order valence-electron chi connectivity index (χ0n) is 15.9. The molecule has 0 radical (unpaired) electrons. The minimum atomic E-state index is -0.645. The van der Waals surface area contributed by atoms with Gasteiger partial charge in [0.15, 0.2) is 0 Å². The van der Waals surface area contributed by atoms with Gasteiger partial charge in [-0.2, -0.15) is 0 Å². The smallest absolute Gasteiger partial charge is 0.286 e. The minimum Gasteiger partial charge on any atom is -0.487 e. The van der Waals surface area contributed by atoms with Crippen LogP contribution >= 0.6 is 0 Å². The summed E-state index contributed by atoms with van der Waals surface area (Å²) >= 11 is 0. The van der Waals surface area contributed by atoms with Crippen LogP contribution in [0, 0.1) is 6.92 Å². The first-order chi connectivity index (χ1) is 13.6. The van der Waals surface area contributed by atoms with Crippen molar-refractivity contribution in [3.05, 3.63) is 89.0 Å². The zero-order chi connectivity index (χ0) is 19.6. The Morgan fingerprint density at radius 2 is 1.68 bits per heavy atom. The number of carbonyl (C=O) groups is 1. The number of carbonyl (C=O) groups excluding carboxylic acids is 1. The van der Waals surface area contributed by atoms with Crippen molar-refractivity contribution in [1.29, 1.82) is 0 Å². The number of nitrogens with zero attached hydrogens (tertiary/aromatic N) is 2. The van der Waals surface area contributed by atoms with Crippen LogP contribution in [0.15, 0.2) is 60.8 Å². The molecule has 1 saturated carbocycles. The molecule has 4 rings (SSSR count). The molecule has 1 aliphatic rings. The van der Waals surface area contributed by atoms with E-state index in [9.17, 15) is 4.79 Å². The standard InChI is InChI=1S/C23H23N3O2/c1-16-3-5-17(6-4-16)23(12-2-13-23)18-7-9-20(10-8-18)28-15-19-11-14-25-22(26-19)21(24)27/h3-11,14H,2,12-13,15H2,1H3,(H2,24,27). The molecule has 1 heterocycles. The lowest BCUT2D eigenvalue weighted by atomic mass is 9.60. The molecule has 1 amide bonds. The van der Waals surface area contributed by atoms with E-state index in [1.54, 1.807) is 6.07 Å². The number of amides is 1. The fraction of sp³-hybridized carbons (Fsp3) is 0.261. The highest BCUT2D eigenvalue weighted by Gasteiger charge is 2.40. The number of benzene rings is 2. The average molecular weight is 373 g/mol. The van der Waals surface area contributed by atoms with Crippen molar-refractivity contribution in [3.63, 3.8) is 0 Å². The Morgan fingerprint density at radius 1 is 1.04 bits per heavy atom. The van der Waals surface area contributed by atoms with Crippen LogP contribution < -0.4 is 10.5 Å². The van der Waals surface area contributed by atoms with Crippen LogP contribution in [0.1, 0.15) is 52.3 Å². The first-order valence-electron chi connectivity index (χ1n) is 9.49. The first-order valence-corrected chi connectivity index (χ1v) is 9.49. The molecule has 2 N–H and O–H groups in total. The van der Waals surface area contributed by atoms with Gasteiger partial charge in [0, 0.05) is 11.6 Å². The zero-order valence-corrected chi connectivity index (χ0v) is 15.9. The summed E-state index contributed by atoms with van der Waals surface area (Å²) in [6.07, 6.45) is 5.11. The molecule has 1 aliphatic carbocycles. The van der Waals surface area contributed by atoms with Crippen LogP contribution in [0.4, 0.5) is 0 Å². The van der Waals surface area contributed by atoms with Crippen molar-refractivity contribution in [3.8, 4) is 5.75 Å². The Bertz CT molecular complexity index is 977. The van der Waals surface area contributed by atoms with E-state index in [4.69, 9.17) is 10.5 Å². The molecule has 0 aliphatic heterocycles. The van der Waals surface area contributed by atoms with Gasteiger partial charge >= 0.3 is 0 Å². The van der Waals surface area contributed by atoms with E-state index in [1.165, 1.54) is 42.1 Å². The quantitative estimate of drug-likeness (QED) is 0.710. The number of primary amides is 1. The van der Waals surface area contributed by atoms with Crippen molar-refractivity contribution in [1.82, 2.24) is 9.97 Å². The highest BCUT2D eigenvalue weighted by Crippen LogP contribution is 2.49. The van der Waals surface area contributed by atoms with Gasteiger partial charge in [-0.3, -0.25) is 4.79 Å². The molecule has 1 aromatic heterocycles. The third kappa shape index (κ3) is 3.48. The SMILES string of the molecule is Cc1ccc(C2(c3ccc(OCc4ccnc(C(N)=O)n4)cc3)CCC2)cc1. The summed E-state index contributed by atoms with van der Waals surface area (Å²) in [6, 6.07) is 18.9. The van der Waals surface area contributed by atoms with Gasteiger partial charge in [-0.05, 0) is 49.1 Å². The highest BCUT2D eigenvalue weighted by molar-refractivity contribution is 5.88. The van der Waals surface area contributed by atoms with Gasteiger partial charge in [-0.1, -0.05) is 48.4 Å². The maximum atomic E-state index is 11.2. The molecule has 3 aromatic rings. The number of hydrogen-bond acceptors (Lipinski definition) is 4. The van der Waals surface area contributed by atoms with Gasteiger partial charge in [0.05, 0.1) is 5.69 Å². The van der Waals surface area contributed by atoms with E-state index in [-0.39, 0.29) is 17.8 Å². The maximum absolute atomic E-state index is 11.2. The summed E-state index contributed by atoms with van der Waals surface area (Å²) in [5.41, 5.74) is 9.95. The average Bonchev–Trinajstić information content (AvgIpc) is 2.68. The van der Waals surface area contributed by atoms with Crippen molar-refractivity contribution in [2.45, 2.75) is 38.2 Å². The second kappa shape index (κ2) is 7.43. The predicted molar refractivity (Wildman–Crippen MR) is 107 cm³/mol. The van der Waals surface area contributed by atoms with Crippen LogP contribution in [0.3, 0.4) is 0 Å². The molecule has 5 nitrogen and oxygen atoms in total. The van der Waals surface area contributed by atoms with E-state index >= 15 is 0 Å². The normalized spacial score (nSPS) is 14.9. The monoisotopic (exact) mass is 373 g/mol. The van der Waals surface area contributed by atoms with Crippen LogP contribution in [0.2, 0.25) is 0 Å². The largest absolute Gasteiger partial charge is 0.487 e. The van der Waals surface area contributed by atoms with Crippen LogP contribution in [-0.4, -0.2) is 15.9 Å². The molecule has 0 unspecified atom stereocenters. The predicted octanol–water partition coefficient (Wildman–Crippen LogP) is 3.93. The molecule has 5 heteroatoms. The Labute approximate surface area is 164 Å². The fourth-order valence-electron chi connectivity index (χ4n) is 3.77. The highest BCUT2D eigenvalue weighted by atomic mass is 16.5. The van der Waals surface area contributed by atoms with Gasteiger partial charge in [0.2, 0.25) is 5.82 Å². The van der Waals surface area contributed by atoms with Crippen molar-refractivity contribution in [2.24, 2.45) is 5.73 Å². The van der Waals surface area contributed by atoms with Gasteiger partial charge in [-0.25, -0.2) is 9.97 Å². The lowest BCUT2D eigenvalue weighted by Gasteiger charge is -2.43. The lowest BCUT2D eigenvalue weighted by Crippen LogP contribution is -2.35. The number of aryl methyl sites for hydroxylation is 1. The van der Waals surface area contributed by atoms with Crippen LogP contribution in [-0.2, 0) is 12.0 Å². The van der Waals surface area contributed by atoms with E-state index < -0.39 is 5.91 Å². The summed E-state index contributed by atoms with van der Waals surface area (Å²) in [7, 11) is 0. The molecule has 1 fully saturated rings. The molecular weight excluding hydrogens is 350 g/mol. The number of hydrogen-bond donors (Lipinski definition) is 1. The third-order valence-electron chi connectivity index (χ3n) is 5.54. The third-order valence-corrected chi connectivity index (χ3v) is 5.54. The Kier molecular flexibility index (Phi) is 4.82. The minimum absolute atomic E-state index is 0.00136. The summed E-state index contributed by atoms with van der Waals surface area (Å²) in [5, 5.41) is 0. The van der Waals surface area contributed by atoms with Crippen molar-refractivity contribution < 1.29 is 9.53 Å². The van der Waals surface area contributed by atoms with E-state index in [2.05, 4.69) is 53.3 Å². The lowest BCUT2D eigenvalue weighted by molar-refractivity contribution is 0.0990. The van der Waals surface area contributed by atoms with Gasteiger partial charge in [0.25, 0.3) is 5.91 Å². The number of rotatable bonds is 6. The van der Waals surface area contributed by atoms with E-state index in [0.717, 1.165) is 5.75 Å². The summed E-state index contributed by atoms with van der Waals surface area (Å²) < 4.78 is 5.83. The molecule has 0 atom stereocenters. The Morgan fingerprint density at radius 3 is 2.25 bits per heavy atom. The number of nitrogens with two attached hydrogens (primary N) is 1. The maximum Gasteiger partial charge on any atom is 0.286 e. The first kappa shape index (κ1) is 18.2. The molecular formula is C23H23N3O2. The number of ether oxygens (including phenoxy) is 1. The Hall–Kier alpha value is -3.21. The molecule has 0 saturated heterocycles. The van der Waals surface area contributed by atoms with Gasteiger partial charge in [-0.15, -0.1) is 0 Å². The summed E-state index contributed by atoms with van der Waals surface area (Å²) in [6.45, 7) is 2.37. The van der Waals surface area contributed by atoms with Crippen molar-refractivity contribution >= 4 is 5.91 Å².